The second kappa shape index (κ2) is 10.6. The first-order valence-corrected chi connectivity index (χ1v) is 8.71. The van der Waals surface area contributed by atoms with Crippen molar-refractivity contribution in [1.82, 2.24) is 10.2 Å². The van der Waals surface area contributed by atoms with Crippen molar-refractivity contribution in [2.24, 2.45) is 4.99 Å². The average molecular weight is 500 g/mol. The van der Waals surface area contributed by atoms with E-state index < -0.39 is 0 Å². The van der Waals surface area contributed by atoms with E-state index in [-0.39, 0.29) is 24.0 Å². The van der Waals surface area contributed by atoms with Gasteiger partial charge in [-0.15, -0.1) is 35.3 Å². The van der Waals surface area contributed by atoms with E-state index in [4.69, 9.17) is 4.74 Å². The van der Waals surface area contributed by atoms with E-state index in [0.717, 1.165) is 45.1 Å². The van der Waals surface area contributed by atoms with Crippen LogP contribution in [-0.2, 0) is 11.3 Å². The number of guanidine groups is 1. The summed E-state index contributed by atoms with van der Waals surface area (Å²) >= 11 is 5.26. The zero-order valence-corrected chi connectivity index (χ0v) is 17.7. The Hall–Kier alpha value is -0.120. The molecule has 0 aliphatic carbocycles. The zero-order valence-electron chi connectivity index (χ0n) is 13.0. The molecular formula is C15H23BrIN3OS. The zero-order chi connectivity index (χ0) is 15.1. The molecule has 2 rings (SSSR count). The van der Waals surface area contributed by atoms with Gasteiger partial charge in [-0.3, -0.25) is 4.99 Å². The van der Waals surface area contributed by atoms with Crippen LogP contribution in [0.3, 0.4) is 0 Å². The molecule has 1 aromatic rings. The van der Waals surface area contributed by atoms with E-state index in [1.807, 2.05) is 7.05 Å². The van der Waals surface area contributed by atoms with Gasteiger partial charge in [-0.25, -0.2) is 0 Å². The van der Waals surface area contributed by atoms with Crippen molar-refractivity contribution in [3.63, 3.8) is 0 Å². The molecule has 0 aromatic carbocycles. The Kier molecular flexibility index (Phi) is 9.62. The summed E-state index contributed by atoms with van der Waals surface area (Å²) in [5, 5.41) is 3.43. The normalized spacial score (nSPS) is 15.0. The molecule has 4 nitrogen and oxygen atoms in total. The van der Waals surface area contributed by atoms with E-state index in [0.29, 0.717) is 0 Å². The van der Waals surface area contributed by atoms with Crippen LogP contribution in [0.15, 0.2) is 32.6 Å². The molecule has 0 saturated carbocycles. The van der Waals surface area contributed by atoms with Crippen LogP contribution in [0.25, 0.3) is 0 Å². The summed E-state index contributed by atoms with van der Waals surface area (Å²) in [5.41, 5.74) is 1.48. The number of nitrogens with one attached hydrogen (secondary N) is 1. The number of thiophene rings is 1. The first-order chi connectivity index (χ1) is 10.2. The Morgan fingerprint density at radius 1 is 1.50 bits per heavy atom. The average Bonchev–Trinajstić information content (AvgIpc) is 2.89. The third-order valence-electron chi connectivity index (χ3n) is 3.38. The molecule has 0 radical (unpaired) electrons. The van der Waals surface area contributed by atoms with E-state index in [2.05, 4.69) is 56.4 Å². The minimum Gasteiger partial charge on any atom is -0.377 e. The van der Waals surface area contributed by atoms with Gasteiger partial charge in [0, 0.05) is 25.5 Å². The number of rotatable bonds is 5. The second-order valence-corrected chi connectivity index (χ2v) is 7.52. The first kappa shape index (κ1) is 19.9. The summed E-state index contributed by atoms with van der Waals surface area (Å²) in [6.45, 7) is 3.40. The molecule has 2 heterocycles. The van der Waals surface area contributed by atoms with Crippen molar-refractivity contribution >= 4 is 57.2 Å². The molecule has 0 fully saturated rings. The van der Waals surface area contributed by atoms with Gasteiger partial charge in [0.25, 0.3) is 0 Å². The Morgan fingerprint density at radius 2 is 2.32 bits per heavy atom. The maximum atomic E-state index is 5.32. The molecule has 7 heteroatoms. The number of nitrogens with zero attached hydrogens (tertiary/aromatic N) is 2. The summed E-state index contributed by atoms with van der Waals surface area (Å²) in [4.78, 5) is 7.82. The predicted molar refractivity (Wildman–Crippen MR) is 108 cm³/mol. The minimum absolute atomic E-state index is 0. The molecule has 0 spiro atoms. The molecule has 1 aliphatic heterocycles. The maximum Gasteiger partial charge on any atom is 0.193 e. The lowest BCUT2D eigenvalue weighted by Crippen LogP contribution is -2.38. The molecular weight excluding hydrogens is 477 g/mol. The molecule has 0 saturated heterocycles. The molecule has 0 amide bonds. The van der Waals surface area contributed by atoms with Crippen molar-refractivity contribution in [3.05, 3.63) is 32.4 Å². The van der Waals surface area contributed by atoms with Crippen LogP contribution in [0.2, 0.25) is 0 Å². The number of hydrogen-bond acceptors (Lipinski definition) is 3. The standard InChI is InChI=1S/C15H22BrN3OS.HI/c1-17-15(18-8-5-12-6-9-20-10-7-12)19(2)11-13-3-4-14(16)21-13;/h3-4,6H,5,7-11H2,1-2H3,(H,17,18);1H. The van der Waals surface area contributed by atoms with Crippen LogP contribution >= 0.6 is 51.2 Å². The highest BCUT2D eigenvalue weighted by molar-refractivity contribution is 14.0. The SMILES string of the molecule is CN=C(NCCC1=CCOCC1)N(C)Cc1ccc(Br)s1.I. The smallest absolute Gasteiger partial charge is 0.193 e. The Labute approximate surface area is 162 Å². The Balaban J connectivity index is 0.00000242. The number of aliphatic imine (C=N–C) groups is 1. The molecule has 1 N–H and O–H groups in total. The minimum atomic E-state index is 0. The summed E-state index contributed by atoms with van der Waals surface area (Å²) in [6.07, 6.45) is 4.31. The summed E-state index contributed by atoms with van der Waals surface area (Å²) in [6, 6.07) is 4.23. The fourth-order valence-electron chi connectivity index (χ4n) is 2.26. The Morgan fingerprint density at radius 3 is 2.91 bits per heavy atom. The van der Waals surface area contributed by atoms with Gasteiger partial charge >= 0.3 is 0 Å². The van der Waals surface area contributed by atoms with Crippen molar-refractivity contribution in [2.75, 3.05) is 33.9 Å². The van der Waals surface area contributed by atoms with Crippen LogP contribution in [0.5, 0.6) is 0 Å². The van der Waals surface area contributed by atoms with Crippen LogP contribution in [-0.4, -0.2) is 44.7 Å². The molecule has 0 unspecified atom stereocenters. The number of ether oxygens (including phenoxy) is 1. The van der Waals surface area contributed by atoms with Crippen molar-refractivity contribution in [3.8, 4) is 0 Å². The molecule has 1 aromatic heterocycles. The van der Waals surface area contributed by atoms with Gasteiger partial charge in [0.1, 0.15) is 0 Å². The van der Waals surface area contributed by atoms with E-state index >= 15 is 0 Å². The van der Waals surface area contributed by atoms with Crippen LogP contribution < -0.4 is 5.32 Å². The van der Waals surface area contributed by atoms with Gasteiger partial charge in [0.2, 0.25) is 0 Å². The van der Waals surface area contributed by atoms with Gasteiger partial charge in [0.15, 0.2) is 5.96 Å². The van der Waals surface area contributed by atoms with E-state index in [1.54, 1.807) is 11.3 Å². The van der Waals surface area contributed by atoms with Crippen LogP contribution in [0.1, 0.15) is 17.7 Å². The number of hydrogen-bond donors (Lipinski definition) is 1. The lowest BCUT2D eigenvalue weighted by Gasteiger charge is -2.22. The van der Waals surface area contributed by atoms with Crippen molar-refractivity contribution in [2.45, 2.75) is 19.4 Å². The molecule has 0 bridgehead atoms. The summed E-state index contributed by atoms with van der Waals surface area (Å²) < 4.78 is 6.49. The molecule has 22 heavy (non-hydrogen) atoms. The quantitative estimate of drug-likeness (QED) is 0.289. The van der Waals surface area contributed by atoms with Crippen molar-refractivity contribution in [1.29, 1.82) is 0 Å². The van der Waals surface area contributed by atoms with Crippen LogP contribution in [0.4, 0.5) is 0 Å². The van der Waals surface area contributed by atoms with E-state index in [1.165, 1.54) is 14.2 Å². The Bertz CT molecular complexity index is 519. The summed E-state index contributed by atoms with van der Waals surface area (Å²) in [5.74, 6) is 0.937. The molecule has 124 valence electrons. The lowest BCUT2D eigenvalue weighted by atomic mass is 10.1. The first-order valence-electron chi connectivity index (χ1n) is 7.10. The van der Waals surface area contributed by atoms with Gasteiger partial charge in [-0.2, -0.15) is 0 Å². The monoisotopic (exact) mass is 499 g/mol. The van der Waals surface area contributed by atoms with Gasteiger partial charge in [0.05, 0.1) is 23.5 Å². The largest absolute Gasteiger partial charge is 0.377 e. The third kappa shape index (κ3) is 6.55. The van der Waals surface area contributed by atoms with Crippen molar-refractivity contribution < 1.29 is 4.74 Å². The molecule has 1 aliphatic rings. The summed E-state index contributed by atoms with van der Waals surface area (Å²) in [7, 11) is 3.90. The highest BCUT2D eigenvalue weighted by Crippen LogP contribution is 2.23. The predicted octanol–water partition coefficient (Wildman–Crippen LogP) is 3.87. The topological polar surface area (TPSA) is 36.9 Å². The van der Waals surface area contributed by atoms with Crippen LogP contribution in [0, 0.1) is 0 Å². The van der Waals surface area contributed by atoms with E-state index in [9.17, 15) is 0 Å². The van der Waals surface area contributed by atoms with Gasteiger partial charge in [-0.1, -0.05) is 11.6 Å². The maximum absolute atomic E-state index is 5.32. The fraction of sp³-hybridized carbons (Fsp3) is 0.533. The molecule has 0 atom stereocenters. The number of halogens is 2. The third-order valence-corrected chi connectivity index (χ3v) is 4.99. The van der Waals surface area contributed by atoms with Gasteiger partial charge < -0.3 is 15.0 Å². The highest BCUT2D eigenvalue weighted by Gasteiger charge is 2.09. The lowest BCUT2D eigenvalue weighted by molar-refractivity contribution is 0.153. The highest BCUT2D eigenvalue weighted by atomic mass is 127. The second-order valence-electron chi connectivity index (χ2n) is 4.97. The van der Waals surface area contributed by atoms with Gasteiger partial charge in [-0.05, 0) is 40.9 Å². The fourth-order valence-corrected chi connectivity index (χ4v) is 3.79.